The summed E-state index contributed by atoms with van der Waals surface area (Å²) in [7, 11) is 0. The van der Waals surface area contributed by atoms with Crippen molar-refractivity contribution in [3.63, 3.8) is 0 Å². The van der Waals surface area contributed by atoms with Crippen molar-refractivity contribution in [3.05, 3.63) is 185 Å². The predicted molar refractivity (Wildman–Crippen MR) is 207 cm³/mol. The second-order valence-corrected chi connectivity index (χ2v) is 13.5. The van der Waals surface area contributed by atoms with Gasteiger partial charge in [-0.25, -0.2) is 0 Å². The molecule has 1 aliphatic rings. The topological polar surface area (TPSA) is 78.2 Å². The number of hydrogen-bond donors (Lipinski definition) is 0. The fraction of sp³-hybridized carbons (Fsp3) is 0.200. The van der Waals surface area contributed by atoms with Crippen molar-refractivity contribution in [3.8, 4) is 28.3 Å². The molecule has 0 spiro atoms. The Morgan fingerprint density at radius 1 is 0.679 bits per heavy atom. The molecule has 0 saturated carbocycles. The summed E-state index contributed by atoms with van der Waals surface area (Å²) in [5.41, 5.74) is 9.45. The van der Waals surface area contributed by atoms with Crippen LogP contribution in [0, 0.1) is 13.8 Å². The van der Waals surface area contributed by atoms with E-state index in [1.807, 2.05) is 37.3 Å². The summed E-state index contributed by atoms with van der Waals surface area (Å²) in [5.74, 6) is 1.44. The molecule has 0 atom stereocenters. The highest BCUT2D eigenvalue weighted by molar-refractivity contribution is 5.80. The van der Waals surface area contributed by atoms with Gasteiger partial charge in [-0.1, -0.05) is 140 Å². The summed E-state index contributed by atoms with van der Waals surface area (Å²) in [6, 6.07) is 50.0. The highest BCUT2D eigenvalue weighted by atomic mass is 16.5. The second kappa shape index (κ2) is 15.3. The summed E-state index contributed by atoms with van der Waals surface area (Å²) in [6.07, 6.45) is 0. The molecule has 8 nitrogen and oxygen atoms in total. The lowest BCUT2D eigenvalue weighted by Gasteiger charge is -2.34. The molecule has 1 saturated heterocycles. The Labute approximate surface area is 310 Å². The van der Waals surface area contributed by atoms with E-state index in [2.05, 4.69) is 127 Å². The molecule has 0 N–H and O–H groups in total. The van der Waals surface area contributed by atoms with Crippen LogP contribution in [0.1, 0.15) is 39.2 Å². The van der Waals surface area contributed by atoms with E-state index in [0.717, 1.165) is 94.5 Å². The van der Waals surface area contributed by atoms with Crippen LogP contribution in [0.5, 0.6) is 5.75 Å². The second-order valence-electron chi connectivity index (χ2n) is 13.5. The number of morpholine rings is 1. The molecule has 8 rings (SSSR count). The van der Waals surface area contributed by atoms with E-state index in [1.165, 1.54) is 0 Å². The maximum Gasteiger partial charge on any atom is 0.205 e. The van der Waals surface area contributed by atoms with Crippen LogP contribution in [0.2, 0.25) is 0 Å². The van der Waals surface area contributed by atoms with Crippen LogP contribution >= 0.6 is 0 Å². The van der Waals surface area contributed by atoms with Gasteiger partial charge in [-0.05, 0) is 52.4 Å². The third-order valence-corrected chi connectivity index (χ3v) is 10.0. The summed E-state index contributed by atoms with van der Waals surface area (Å²) >= 11 is 0. The molecule has 0 amide bonds. The van der Waals surface area contributed by atoms with Crippen LogP contribution < -0.4 is 4.74 Å². The molecule has 1 fully saturated rings. The minimum atomic E-state index is -0.848. The molecular formula is C45H42N6O2. The molecule has 8 heteroatoms. The van der Waals surface area contributed by atoms with Gasteiger partial charge in [-0.15, -0.1) is 15.0 Å². The Hall–Kier alpha value is -5.96. The highest BCUT2D eigenvalue weighted by Crippen LogP contribution is 2.40. The predicted octanol–water partition coefficient (Wildman–Crippen LogP) is 8.27. The van der Waals surface area contributed by atoms with Gasteiger partial charge in [0, 0.05) is 48.2 Å². The SMILES string of the molecule is Cc1cc(OCc2ccc(-c3ccccc3-c3nnn(C(c4ccccc4)(c4ccccc4)c4ccccc4)n3)cc2)c(CN2CCOCC2)c(C)n1. The van der Waals surface area contributed by atoms with Gasteiger partial charge in [0.15, 0.2) is 5.54 Å². The van der Waals surface area contributed by atoms with Gasteiger partial charge in [0.2, 0.25) is 5.82 Å². The van der Waals surface area contributed by atoms with Crippen LogP contribution in [0.15, 0.2) is 146 Å². The van der Waals surface area contributed by atoms with Crippen LogP contribution in [0.4, 0.5) is 0 Å². The monoisotopic (exact) mass is 698 g/mol. The molecule has 3 heterocycles. The third kappa shape index (κ3) is 6.99. The smallest absolute Gasteiger partial charge is 0.205 e. The molecule has 2 aromatic heterocycles. The first-order valence-corrected chi connectivity index (χ1v) is 18.2. The van der Waals surface area contributed by atoms with Gasteiger partial charge in [0.25, 0.3) is 0 Å². The van der Waals surface area contributed by atoms with Gasteiger partial charge in [0.05, 0.1) is 13.2 Å². The van der Waals surface area contributed by atoms with E-state index in [-0.39, 0.29) is 0 Å². The number of aryl methyl sites for hydroxylation is 2. The Morgan fingerprint density at radius 2 is 1.25 bits per heavy atom. The van der Waals surface area contributed by atoms with Crippen molar-refractivity contribution in [2.45, 2.75) is 32.5 Å². The van der Waals surface area contributed by atoms with E-state index in [4.69, 9.17) is 29.9 Å². The van der Waals surface area contributed by atoms with Crippen molar-refractivity contribution in [1.82, 2.24) is 30.1 Å². The molecule has 264 valence electrons. The molecular weight excluding hydrogens is 657 g/mol. The molecule has 0 unspecified atom stereocenters. The normalized spacial score (nSPS) is 13.5. The largest absolute Gasteiger partial charge is 0.488 e. The summed E-state index contributed by atoms with van der Waals surface area (Å²) in [5, 5.41) is 14.7. The van der Waals surface area contributed by atoms with Gasteiger partial charge >= 0.3 is 0 Å². The first kappa shape index (κ1) is 34.1. The van der Waals surface area contributed by atoms with Crippen LogP contribution in [0.25, 0.3) is 22.5 Å². The lowest BCUT2D eigenvalue weighted by Crippen LogP contribution is -2.39. The van der Waals surface area contributed by atoms with Crippen molar-refractivity contribution in [2.75, 3.05) is 26.3 Å². The molecule has 0 radical (unpaired) electrons. The number of hydrogen-bond acceptors (Lipinski definition) is 7. The maximum atomic E-state index is 6.48. The van der Waals surface area contributed by atoms with Crippen molar-refractivity contribution in [2.24, 2.45) is 0 Å². The average Bonchev–Trinajstić information content (AvgIpc) is 3.71. The number of aromatic nitrogens is 5. The van der Waals surface area contributed by atoms with Gasteiger partial charge in [0.1, 0.15) is 12.4 Å². The fourth-order valence-corrected chi connectivity index (χ4v) is 7.34. The molecule has 5 aromatic carbocycles. The van der Waals surface area contributed by atoms with E-state index in [1.54, 1.807) is 4.80 Å². The lowest BCUT2D eigenvalue weighted by atomic mass is 9.77. The molecule has 1 aliphatic heterocycles. The number of benzene rings is 5. The zero-order valence-electron chi connectivity index (χ0n) is 30.1. The zero-order valence-corrected chi connectivity index (χ0v) is 30.1. The first-order chi connectivity index (χ1) is 26.1. The summed E-state index contributed by atoms with van der Waals surface area (Å²) in [4.78, 5) is 8.92. The van der Waals surface area contributed by atoms with Gasteiger partial charge in [-0.3, -0.25) is 9.88 Å². The Kier molecular flexibility index (Phi) is 9.88. The van der Waals surface area contributed by atoms with Crippen LogP contribution in [-0.2, 0) is 23.4 Å². The minimum absolute atomic E-state index is 0.456. The third-order valence-electron chi connectivity index (χ3n) is 10.0. The van der Waals surface area contributed by atoms with E-state index in [0.29, 0.717) is 12.4 Å². The quantitative estimate of drug-likeness (QED) is 0.126. The molecule has 7 aromatic rings. The standard InChI is InChI=1S/C45H42N6O2/c1-33-30-43(42(34(2)46-33)31-50-26-28-52-29-27-50)53-32-35-22-24-36(25-23-35)40-20-12-13-21-41(40)44-47-49-51(48-44)45(37-14-6-3-7-15-37,38-16-8-4-9-17-38)39-18-10-5-11-19-39/h3-25,30H,26-29,31-32H2,1-2H3. The average molecular weight is 699 g/mol. The number of tetrazole rings is 1. The van der Waals surface area contributed by atoms with Crippen LogP contribution in [0.3, 0.4) is 0 Å². The number of pyridine rings is 1. The van der Waals surface area contributed by atoms with Gasteiger partial charge < -0.3 is 9.47 Å². The maximum absolute atomic E-state index is 6.48. The molecule has 0 bridgehead atoms. The van der Waals surface area contributed by atoms with Crippen molar-refractivity contribution >= 4 is 0 Å². The number of nitrogens with zero attached hydrogens (tertiary/aromatic N) is 6. The summed E-state index contributed by atoms with van der Waals surface area (Å²) in [6.45, 7) is 8.68. The number of rotatable bonds is 11. The first-order valence-electron chi connectivity index (χ1n) is 18.2. The van der Waals surface area contributed by atoms with E-state index < -0.39 is 5.54 Å². The Bertz CT molecular complexity index is 2170. The zero-order chi connectivity index (χ0) is 36.0. The number of ether oxygens (including phenoxy) is 2. The molecule has 0 aliphatic carbocycles. The minimum Gasteiger partial charge on any atom is -0.488 e. The van der Waals surface area contributed by atoms with Gasteiger partial charge in [-0.2, -0.15) is 0 Å². The highest BCUT2D eigenvalue weighted by Gasteiger charge is 2.41. The molecule has 53 heavy (non-hydrogen) atoms. The van der Waals surface area contributed by atoms with Crippen molar-refractivity contribution < 1.29 is 9.47 Å². The lowest BCUT2D eigenvalue weighted by molar-refractivity contribution is 0.0336. The van der Waals surface area contributed by atoms with Crippen molar-refractivity contribution in [1.29, 1.82) is 0 Å². The van der Waals surface area contributed by atoms with E-state index >= 15 is 0 Å². The van der Waals surface area contributed by atoms with Crippen LogP contribution in [-0.4, -0.2) is 56.4 Å². The Morgan fingerprint density at radius 3 is 1.85 bits per heavy atom. The van der Waals surface area contributed by atoms with E-state index in [9.17, 15) is 0 Å². The summed E-state index contributed by atoms with van der Waals surface area (Å²) < 4.78 is 12.0. The Balaban J connectivity index is 1.10. The fourth-order valence-electron chi connectivity index (χ4n) is 7.34.